The third-order valence-electron chi connectivity index (χ3n) is 3.47. The largest absolute Gasteiger partial charge is 0.423 e. The molecule has 0 radical (unpaired) electrons. The Labute approximate surface area is 153 Å². The summed E-state index contributed by atoms with van der Waals surface area (Å²) < 4.78 is 5.07. The number of benzene rings is 2. The number of fused-ring (bicyclic) bond motifs is 1. The molecule has 0 aliphatic heterocycles. The Bertz CT molecular complexity index is 1050. The van der Waals surface area contributed by atoms with E-state index in [4.69, 9.17) is 28.2 Å². The van der Waals surface area contributed by atoms with Crippen molar-refractivity contribution in [1.82, 2.24) is 5.32 Å². The van der Waals surface area contributed by atoms with E-state index in [0.717, 1.165) is 10.9 Å². The monoisotopic (exact) mass is 372 g/mol. The number of anilines is 1. The van der Waals surface area contributed by atoms with Crippen LogP contribution in [-0.2, 0) is 0 Å². The lowest BCUT2D eigenvalue weighted by Crippen LogP contribution is -2.34. The Kier molecular flexibility index (Phi) is 4.83. The molecule has 2 N–H and O–H groups in total. The molecule has 7 heteroatoms. The molecule has 0 saturated carbocycles. The van der Waals surface area contributed by atoms with Crippen LogP contribution < -0.4 is 16.3 Å². The van der Waals surface area contributed by atoms with Gasteiger partial charge in [-0.3, -0.25) is 10.1 Å². The van der Waals surface area contributed by atoms with E-state index in [9.17, 15) is 9.59 Å². The molecule has 3 aromatic rings. The number of carbonyl (C=O) groups excluding carboxylic acids is 1. The molecule has 3 rings (SSSR count). The Hall–Kier alpha value is -2.70. The van der Waals surface area contributed by atoms with Crippen molar-refractivity contribution in [2.24, 2.45) is 0 Å². The molecule has 2 aromatic carbocycles. The molecular formula is C18H13ClN2O3S. The summed E-state index contributed by atoms with van der Waals surface area (Å²) in [5.74, 6) is -0.394. The fourth-order valence-electron chi connectivity index (χ4n) is 2.29. The lowest BCUT2D eigenvalue weighted by molar-refractivity contribution is 0.0978. The van der Waals surface area contributed by atoms with Gasteiger partial charge in [0.05, 0.1) is 10.6 Å². The maximum atomic E-state index is 12.3. The van der Waals surface area contributed by atoms with Crippen LogP contribution in [0.3, 0.4) is 0 Å². The molecule has 1 aromatic heterocycles. The van der Waals surface area contributed by atoms with Gasteiger partial charge in [-0.25, -0.2) is 4.79 Å². The second kappa shape index (κ2) is 7.04. The molecule has 0 unspecified atom stereocenters. The lowest BCUT2D eigenvalue weighted by Gasteiger charge is -2.11. The molecule has 126 valence electrons. The quantitative estimate of drug-likeness (QED) is 0.527. The molecule has 0 bridgehead atoms. The van der Waals surface area contributed by atoms with Crippen LogP contribution in [0.4, 0.5) is 5.69 Å². The van der Waals surface area contributed by atoms with Gasteiger partial charge in [-0.15, -0.1) is 0 Å². The maximum Gasteiger partial charge on any atom is 0.336 e. The van der Waals surface area contributed by atoms with Crippen molar-refractivity contribution in [3.63, 3.8) is 0 Å². The summed E-state index contributed by atoms with van der Waals surface area (Å²) in [6, 6.07) is 13.3. The van der Waals surface area contributed by atoms with Gasteiger partial charge in [-0.1, -0.05) is 17.7 Å². The minimum Gasteiger partial charge on any atom is -0.423 e. The van der Waals surface area contributed by atoms with Gasteiger partial charge in [0, 0.05) is 17.1 Å². The standard InChI is InChI=1S/C18H13ClN2O3S/c1-10-2-5-13(14(19)8-10)17(23)21-18(25)20-12-4-6-15-11(9-12)3-7-16(22)24-15/h2-9H,1H3,(H2,20,21,23,25). The summed E-state index contributed by atoms with van der Waals surface area (Å²) in [6.07, 6.45) is 0. The molecule has 5 nitrogen and oxygen atoms in total. The molecule has 1 heterocycles. The second-order valence-corrected chi connectivity index (χ2v) is 6.21. The summed E-state index contributed by atoms with van der Waals surface area (Å²) in [6.45, 7) is 1.89. The molecule has 25 heavy (non-hydrogen) atoms. The van der Waals surface area contributed by atoms with Crippen LogP contribution in [0.15, 0.2) is 57.7 Å². The number of aryl methyl sites for hydroxylation is 1. The number of nitrogens with one attached hydrogen (secondary N) is 2. The van der Waals surface area contributed by atoms with Crippen molar-refractivity contribution in [2.75, 3.05) is 5.32 Å². The van der Waals surface area contributed by atoms with E-state index in [2.05, 4.69) is 10.6 Å². The zero-order chi connectivity index (χ0) is 18.0. The van der Waals surface area contributed by atoms with Gasteiger partial charge < -0.3 is 9.73 Å². The van der Waals surface area contributed by atoms with E-state index in [-0.39, 0.29) is 5.11 Å². The summed E-state index contributed by atoms with van der Waals surface area (Å²) in [5, 5.41) is 6.74. The first-order valence-corrected chi connectivity index (χ1v) is 8.13. The first kappa shape index (κ1) is 17.1. The van der Waals surface area contributed by atoms with Crippen LogP contribution in [0.2, 0.25) is 5.02 Å². The molecule has 1 amide bonds. The van der Waals surface area contributed by atoms with Gasteiger partial charge in [0.15, 0.2) is 5.11 Å². The number of thiocarbonyl (C=S) groups is 1. The first-order valence-electron chi connectivity index (χ1n) is 7.35. The molecule has 0 fully saturated rings. The average molecular weight is 373 g/mol. The summed E-state index contributed by atoms with van der Waals surface area (Å²) in [7, 11) is 0. The van der Waals surface area contributed by atoms with Gasteiger partial charge in [-0.2, -0.15) is 0 Å². The molecule has 0 aliphatic rings. The highest BCUT2D eigenvalue weighted by Crippen LogP contribution is 2.19. The number of carbonyl (C=O) groups is 1. The van der Waals surface area contributed by atoms with Gasteiger partial charge >= 0.3 is 5.63 Å². The average Bonchev–Trinajstić information content (AvgIpc) is 2.54. The molecular weight excluding hydrogens is 360 g/mol. The molecule has 0 aliphatic carbocycles. The van der Waals surface area contributed by atoms with Gasteiger partial charge in [0.25, 0.3) is 5.91 Å². The Morgan fingerprint density at radius 1 is 1.12 bits per heavy atom. The number of halogens is 1. The normalized spacial score (nSPS) is 10.5. The van der Waals surface area contributed by atoms with E-state index in [0.29, 0.717) is 21.9 Å². The van der Waals surface area contributed by atoms with Gasteiger partial charge in [0.1, 0.15) is 5.58 Å². The molecule has 0 atom stereocenters. The highest BCUT2D eigenvalue weighted by atomic mass is 35.5. The number of amides is 1. The van der Waals surface area contributed by atoms with Crippen LogP contribution in [0.5, 0.6) is 0 Å². The Morgan fingerprint density at radius 3 is 2.68 bits per heavy atom. The zero-order valence-corrected chi connectivity index (χ0v) is 14.7. The van der Waals surface area contributed by atoms with E-state index in [1.807, 2.05) is 6.92 Å². The predicted molar refractivity (Wildman–Crippen MR) is 102 cm³/mol. The van der Waals surface area contributed by atoms with Gasteiger partial charge in [0.2, 0.25) is 0 Å². The van der Waals surface area contributed by atoms with Crippen LogP contribution in [0.25, 0.3) is 11.0 Å². The first-order chi connectivity index (χ1) is 11.9. The van der Waals surface area contributed by atoms with Crippen LogP contribution in [0.1, 0.15) is 15.9 Å². The minimum atomic E-state index is -0.411. The topological polar surface area (TPSA) is 71.3 Å². The minimum absolute atomic E-state index is 0.137. The molecule has 0 spiro atoms. The third kappa shape index (κ3) is 4.04. The lowest BCUT2D eigenvalue weighted by atomic mass is 10.1. The summed E-state index contributed by atoms with van der Waals surface area (Å²) in [4.78, 5) is 23.4. The van der Waals surface area contributed by atoms with Crippen molar-refractivity contribution in [2.45, 2.75) is 6.92 Å². The smallest absolute Gasteiger partial charge is 0.336 e. The predicted octanol–water partition coefficient (Wildman–Crippen LogP) is 3.88. The van der Waals surface area contributed by atoms with Crippen molar-refractivity contribution in [3.8, 4) is 0 Å². The molecule has 0 saturated heterocycles. The highest BCUT2D eigenvalue weighted by Gasteiger charge is 2.12. The Morgan fingerprint density at radius 2 is 1.92 bits per heavy atom. The Balaban J connectivity index is 1.72. The van der Waals surface area contributed by atoms with E-state index in [1.165, 1.54) is 6.07 Å². The third-order valence-corrected chi connectivity index (χ3v) is 3.99. The number of hydrogen-bond donors (Lipinski definition) is 2. The van der Waals surface area contributed by atoms with Crippen molar-refractivity contribution >= 4 is 51.5 Å². The van der Waals surface area contributed by atoms with Crippen molar-refractivity contribution in [3.05, 3.63) is 75.1 Å². The second-order valence-electron chi connectivity index (χ2n) is 5.40. The van der Waals surface area contributed by atoms with Crippen LogP contribution in [0, 0.1) is 6.92 Å². The van der Waals surface area contributed by atoms with E-state index in [1.54, 1.807) is 42.5 Å². The van der Waals surface area contributed by atoms with E-state index < -0.39 is 11.5 Å². The van der Waals surface area contributed by atoms with Crippen LogP contribution >= 0.6 is 23.8 Å². The fraction of sp³-hybridized carbons (Fsp3) is 0.0556. The maximum absolute atomic E-state index is 12.3. The summed E-state index contributed by atoms with van der Waals surface area (Å²) in [5.41, 5.74) is 2.02. The zero-order valence-electron chi connectivity index (χ0n) is 13.1. The summed E-state index contributed by atoms with van der Waals surface area (Å²) >= 11 is 11.3. The highest BCUT2D eigenvalue weighted by molar-refractivity contribution is 7.80. The number of hydrogen-bond acceptors (Lipinski definition) is 4. The van der Waals surface area contributed by atoms with E-state index >= 15 is 0 Å². The number of rotatable bonds is 2. The van der Waals surface area contributed by atoms with Crippen molar-refractivity contribution in [1.29, 1.82) is 0 Å². The van der Waals surface area contributed by atoms with Crippen molar-refractivity contribution < 1.29 is 9.21 Å². The fourth-order valence-corrected chi connectivity index (χ4v) is 2.82. The van der Waals surface area contributed by atoms with Gasteiger partial charge in [-0.05, 0) is 61.1 Å². The van der Waals surface area contributed by atoms with Crippen LogP contribution in [-0.4, -0.2) is 11.0 Å². The SMILES string of the molecule is Cc1ccc(C(=O)NC(=S)Nc2ccc3oc(=O)ccc3c2)c(Cl)c1.